The third-order valence-electron chi connectivity index (χ3n) is 4.28. The van der Waals surface area contributed by atoms with Gasteiger partial charge in [0.15, 0.2) is 0 Å². The molecule has 3 aliphatic heterocycles. The molecule has 3 atom stereocenters. The molecule has 0 bridgehead atoms. The average molecular weight is 297 g/mol. The predicted octanol–water partition coefficient (Wildman–Crippen LogP) is -0.146. The van der Waals surface area contributed by atoms with Gasteiger partial charge in [-0.2, -0.15) is 0 Å². The zero-order valence-corrected chi connectivity index (χ0v) is 12.2. The summed E-state index contributed by atoms with van der Waals surface area (Å²) in [6.45, 7) is 3.07. The minimum atomic E-state index is -0.472. The molecule has 3 heterocycles. The molecule has 7 heteroatoms. The lowest BCUT2D eigenvalue weighted by Crippen LogP contribution is -2.50. The standard InChI is InChI=1S/C14H23N3O4/c18-13(12-7-15-14(19)16-12)17(8-10-3-1-5-20-10)9-11-4-2-6-21-11/h10-12H,1-9H2,(H2,15,16,19)/t10-,11-,12-/m0/s1. The van der Waals surface area contributed by atoms with Crippen LogP contribution >= 0.6 is 0 Å². The molecule has 3 aliphatic rings. The summed E-state index contributed by atoms with van der Waals surface area (Å²) >= 11 is 0. The first-order valence-electron chi connectivity index (χ1n) is 7.79. The number of urea groups is 1. The summed E-state index contributed by atoms with van der Waals surface area (Å²) in [6.07, 6.45) is 4.30. The normalized spacial score (nSPS) is 32.0. The smallest absolute Gasteiger partial charge is 0.315 e. The van der Waals surface area contributed by atoms with Crippen molar-refractivity contribution in [2.45, 2.75) is 43.9 Å². The molecule has 0 radical (unpaired) electrons. The Balaban J connectivity index is 1.61. The van der Waals surface area contributed by atoms with E-state index in [-0.39, 0.29) is 24.1 Å². The fourth-order valence-corrected chi connectivity index (χ4v) is 3.15. The van der Waals surface area contributed by atoms with Gasteiger partial charge in [0.25, 0.3) is 0 Å². The van der Waals surface area contributed by atoms with Crippen LogP contribution in [0.4, 0.5) is 4.79 Å². The highest BCUT2D eigenvalue weighted by Crippen LogP contribution is 2.18. The molecular weight excluding hydrogens is 274 g/mol. The van der Waals surface area contributed by atoms with Gasteiger partial charge >= 0.3 is 6.03 Å². The number of carbonyl (C=O) groups excluding carboxylic acids is 2. The van der Waals surface area contributed by atoms with E-state index in [2.05, 4.69) is 10.6 Å². The van der Waals surface area contributed by atoms with E-state index in [1.165, 1.54) is 0 Å². The van der Waals surface area contributed by atoms with Crippen molar-refractivity contribution < 1.29 is 19.1 Å². The summed E-state index contributed by atoms with van der Waals surface area (Å²) in [5.74, 6) is -0.0423. The molecule has 0 spiro atoms. The Morgan fingerprint density at radius 1 is 1.14 bits per heavy atom. The van der Waals surface area contributed by atoms with E-state index < -0.39 is 6.04 Å². The van der Waals surface area contributed by atoms with E-state index in [0.717, 1.165) is 38.9 Å². The van der Waals surface area contributed by atoms with Gasteiger partial charge < -0.3 is 25.0 Å². The minimum Gasteiger partial charge on any atom is -0.376 e. The van der Waals surface area contributed by atoms with Crippen molar-refractivity contribution in [1.29, 1.82) is 0 Å². The van der Waals surface area contributed by atoms with Gasteiger partial charge in [0, 0.05) is 32.8 Å². The Morgan fingerprint density at radius 2 is 1.76 bits per heavy atom. The van der Waals surface area contributed by atoms with Crippen LogP contribution in [0, 0.1) is 0 Å². The number of amides is 3. The fourth-order valence-electron chi connectivity index (χ4n) is 3.15. The SMILES string of the molecule is O=C1NC[C@@H](C(=O)N(C[C@@H]2CCCO2)C[C@@H]2CCCO2)N1. The number of nitrogens with zero attached hydrogens (tertiary/aromatic N) is 1. The van der Waals surface area contributed by atoms with Crippen LogP contribution in [0.5, 0.6) is 0 Å². The number of hydrogen-bond donors (Lipinski definition) is 2. The highest BCUT2D eigenvalue weighted by atomic mass is 16.5. The fraction of sp³-hybridized carbons (Fsp3) is 0.857. The molecule has 3 rings (SSSR count). The van der Waals surface area contributed by atoms with E-state index in [4.69, 9.17) is 9.47 Å². The molecule has 0 aromatic rings. The van der Waals surface area contributed by atoms with Gasteiger partial charge in [0.1, 0.15) is 6.04 Å². The monoisotopic (exact) mass is 297 g/mol. The van der Waals surface area contributed by atoms with Crippen molar-refractivity contribution in [3.8, 4) is 0 Å². The lowest BCUT2D eigenvalue weighted by molar-refractivity contribution is -0.136. The predicted molar refractivity (Wildman–Crippen MR) is 74.9 cm³/mol. The highest BCUT2D eigenvalue weighted by Gasteiger charge is 2.34. The molecule has 118 valence electrons. The molecule has 2 N–H and O–H groups in total. The first-order valence-corrected chi connectivity index (χ1v) is 7.79. The molecule has 7 nitrogen and oxygen atoms in total. The van der Waals surface area contributed by atoms with Crippen LogP contribution in [0.1, 0.15) is 25.7 Å². The molecule has 3 fully saturated rings. The maximum absolute atomic E-state index is 12.6. The molecule has 0 aromatic carbocycles. The van der Waals surface area contributed by atoms with Gasteiger partial charge in [0.05, 0.1) is 12.2 Å². The zero-order chi connectivity index (χ0) is 14.7. The minimum absolute atomic E-state index is 0.0423. The molecule has 3 amide bonds. The third kappa shape index (κ3) is 3.65. The van der Waals surface area contributed by atoms with Crippen LogP contribution in [0.3, 0.4) is 0 Å². The van der Waals surface area contributed by atoms with Crippen molar-refractivity contribution in [3.05, 3.63) is 0 Å². The van der Waals surface area contributed by atoms with Gasteiger partial charge in [-0.1, -0.05) is 0 Å². The van der Waals surface area contributed by atoms with Crippen LogP contribution in [0.2, 0.25) is 0 Å². The van der Waals surface area contributed by atoms with Gasteiger partial charge in [0.2, 0.25) is 5.91 Å². The number of carbonyl (C=O) groups is 2. The van der Waals surface area contributed by atoms with E-state index in [1.807, 2.05) is 4.90 Å². The number of rotatable bonds is 5. The Bertz CT molecular complexity index is 374. The number of nitrogens with one attached hydrogen (secondary N) is 2. The van der Waals surface area contributed by atoms with Crippen molar-refractivity contribution >= 4 is 11.9 Å². The van der Waals surface area contributed by atoms with Crippen LogP contribution in [0.15, 0.2) is 0 Å². The van der Waals surface area contributed by atoms with Crippen LogP contribution in [-0.4, -0.2) is 67.9 Å². The molecule has 21 heavy (non-hydrogen) atoms. The summed E-state index contributed by atoms with van der Waals surface area (Å²) in [5, 5.41) is 5.29. The summed E-state index contributed by atoms with van der Waals surface area (Å²) in [5.41, 5.74) is 0. The Kier molecular flexibility index (Phi) is 4.60. The van der Waals surface area contributed by atoms with E-state index in [9.17, 15) is 9.59 Å². The van der Waals surface area contributed by atoms with Gasteiger partial charge in [-0.3, -0.25) is 4.79 Å². The van der Waals surface area contributed by atoms with Crippen molar-refractivity contribution in [2.24, 2.45) is 0 Å². The van der Waals surface area contributed by atoms with Crippen LogP contribution in [-0.2, 0) is 14.3 Å². The van der Waals surface area contributed by atoms with Gasteiger partial charge in [-0.15, -0.1) is 0 Å². The van der Waals surface area contributed by atoms with E-state index >= 15 is 0 Å². The van der Waals surface area contributed by atoms with Crippen molar-refractivity contribution in [1.82, 2.24) is 15.5 Å². The Hall–Kier alpha value is -1.34. The molecule has 0 unspecified atom stereocenters. The van der Waals surface area contributed by atoms with Crippen LogP contribution in [0.25, 0.3) is 0 Å². The highest BCUT2D eigenvalue weighted by molar-refractivity contribution is 5.90. The van der Waals surface area contributed by atoms with Crippen LogP contribution < -0.4 is 10.6 Å². The van der Waals surface area contributed by atoms with Gasteiger partial charge in [-0.05, 0) is 25.7 Å². The average Bonchev–Trinajstić information content (AvgIpc) is 3.19. The summed E-state index contributed by atoms with van der Waals surface area (Å²) in [4.78, 5) is 25.7. The van der Waals surface area contributed by atoms with Gasteiger partial charge in [-0.25, -0.2) is 4.79 Å². The number of ether oxygens (including phenoxy) is 2. The lowest BCUT2D eigenvalue weighted by Gasteiger charge is -2.29. The Labute approximate surface area is 124 Å². The first-order chi connectivity index (χ1) is 10.2. The quantitative estimate of drug-likeness (QED) is 0.740. The number of hydrogen-bond acceptors (Lipinski definition) is 4. The summed E-state index contributed by atoms with van der Waals surface area (Å²) < 4.78 is 11.3. The van der Waals surface area contributed by atoms with Crippen molar-refractivity contribution in [2.75, 3.05) is 32.8 Å². The summed E-state index contributed by atoms with van der Waals surface area (Å²) in [7, 11) is 0. The second-order valence-corrected chi connectivity index (χ2v) is 5.92. The molecule has 0 aromatic heterocycles. The topological polar surface area (TPSA) is 79.9 Å². The second kappa shape index (κ2) is 6.62. The van der Waals surface area contributed by atoms with E-state index in [1.54, 1.807) is 0 Å². The largest absolute Gasteiger partial charge is 0.376 e. The lowest BCUT2D eigenvalue weighted by atomic mass is 10.1. The summed E-state index contributed by atoms with van der Waals surface area (Å²) in [6, 6.07) is -0.747. The zero-order valence-electron chi connectivity index (χ0n) is 12.2. The molecule has 0 aliphatic carbocycles. The van der Waals surface area contributed by atoms with Crippen molar-refractivity contribution in [3.63, 3.8) is 0 Å². The molecule has 3 saturated heterocycles. The second-order valence-electron chi connectivity index (χ2n) is 5.92. The van der Waals surface area contributed by atoms with E-state index in [0.29, 0.717) is 19.6 Å². The Morgan fingerprint density at radius 3 is 2.19 bits per heavy atom. The molecular formula is C14H23N3O4. The maximum Gasteiger partial charge on any atom is 0.315 e. The third-order valence-corrected chi connectivity index (χ3v) is 4.28. The maximum atomic E-state index is 12.6. The molecule has 0 saturated carbocycles. The first kappa shape index (κ1) is 14.6.